The third kappa shape index (κ3) is 3.63. The molecule has 1 aliphatic heterocycles. The highest BCUT2D eigenvalue weighted by Gasteiger charge is 2.28. The summed E-state index contributed by atoms with van der Waals surface area (Å²) in [6.45, 7) is 1.74. The van der Waals surface area contributed by atoms with Crippen molar-refractivity contribution in [3.8, 4) is 0 Å². The van der Waals surface area contributed by atoms with Gasteiger partial charge in [0.1, 0.15) is 0 Å². The molecular formula is C8H16N2O3S. The lowest BCUT2D eigenvalue weighted by atomic mass is 10.2. The Hall–Kier alpha value is -0.620. The molecule has 1 aliphatic rings. The summed E-state index contributed by atoms with van der Waals surface area (Å²) in [6, 6.07) is -0.403. The van der Waals surface area contributed by atoms with Crippen molar-refractivity contribution in [1.82, 2.24) is 5.32 Å². The molecule has 6 heteroatoms. The van der Waals surface area contributed by atoms with E-state index in [2.05, 4.69) is 5.32 Å². The van der Waals surface area contributed by atoms with Crippen molar-refractivity contribution in [3.05, 3.63) is 0 Å². The highest BCUT2D eigenvalue weighted by molar-refractivity contribution is 7.91. The lowest BCUT2D eigenvalue weighted by molar-refractivity contribution is -0.121. The zero-order valence-electron chi connectivity index (χ0n) is 8.19. The summed E-state index contributed by atoms with van der Waals surface area (Å²) < 4.78 is 22.1. The lowest BCUT2D eigenvalue weighted by Crippen LogP contribution is -2.38. The van der Waals surface area contributed by atoms with Crippen LogP contribution in [0.5, 0.6) is 0 Å². The van der Waals surface area contributed by atoms with Gasteiger partial charge >= 0.3 is 0 Å². The Morgan fingerprint density at radius 2 is 2.29 bits per heavy atom. The van der Waals surface area contributed by atoms with Crippen LogP contribution in [0.1, 0.15) is 19.8 Å². The Kier molecular flexibility index (Phi) is 3.49. The summed E-state index contributed by atoms with van der Waals surface area (Å²) in [4.78, 5) is 11.2. The van der Waals surface area contributed by atoms with E-state index in [1.54, 1.807) is 6.92 Å². The molecule has 0 aromatic carbocycles. The van der Waals surface area contributed by atoms with Gasteiger partial charge in [-0.2, -0.15) is 0 Å². The van der Waals surface area contributed by atoms with Crippen LogP contribution in [0.4, 0.5) is 0 Å². The van der Waals surface area contributed by atoms with Crippen LogP contribution in [0.15, 0.2) is 0 Å². The topological polar surface area (TPSA) is 89.3 Å². The van der Waals surface area contributed by atoms with E-state index in [0.717, 1.165) is 0 Å². The molecule has 0 saturated carbocycles. The molecule has 82 valence electrons. The van der Waals surface area contributed by atoms with Crippen LogP contribution in [0.3, 0.4) is 0 Å². The number of hydrogen-bond acceptors (Lipinski definition) is 4. The van der Waals surface area contributed by atoms with Crippen molar-refractivity contribution in [2.45, 2.75) is 31.8 Å². The van der Waals surface area contributed by atoms with Crippen LogP contribution in [0.25, 0.3) is 0 Å². The second-order valence-electron chi connectivity index (χ2n) is 3.85. The fraction of sp³-hybridized carbons (Fsp3) is 0.875. The van der Waals surface area contributed by atoms with Gasteiger partial charge in [0.2, 0.25) is 5.91 Å². The van der Waals surface area contributed by atoms with Gasteiger partial charge in [0.05, 0.1) is 11.5 Å². The SMILES string of the molecule is CC(N)CC(=O)NC1CCS(=O)(=O)C1. The molecule has 0 spiro atoms. The molecule has 14 heavy (non-hydrogen) atoms. The summed E-state index contributed by atoms with van der Waals surface area (Å²) in [5.41, 5.74) is 5.44. The van der Waals surface area contributed by atoms with Gasteiger partial charge in [-0.1, -0.05) is 0 Å². The summed E-state index contributed by atoms with van der Waals surface area (Å²) in [7, 11) is -2.92. The molecule has 1 saturated heterocycles. The zero-order chi connectivity index (χ0) is 10.8. The molecule has 1 amide bonds. The third-order valence-corrected chi connectivity index (χ3v) is 3.87. The first kappa shape index (κ1) is 11.5. The standard InChI is InChI=1S/C8H16N2O3S/c1-6(9)4-8(11)10-7-2-3-14(12,13)5-7/h6-7H,2-5,9H2,1H3,(H,10,11). The van der Waals surface area contributed by atoms with Gasteiger partial charge in [-0.15, -0.1) is 0 Å². The van der Waals surface area contributed by atoms with Crippen molar-refractivity contribution in [1.29, 1.82) is 0 Å². The molecule has 0 aromatic rings. The van der Waals surface area contributed by atoms with Gasteiger partial charge < -0.3 is 11.1 Å². The van der Waals surface area contributed by atoms with Crippen molar-refractivity contribution in [2.75, 3.05) is 11.5 Å². The van der Waals surface area contributed by atoms with Crippen LogP contribution >= 0.6 is 0 Å². The molecule has 0 aliphatic carbocycles. The van der Waals surface area contributed by atoms with Crippen molar-refractivity contribution < 1.29 is 13.2 Å². The summed E-state index contributed by atoms with van der Waals surface area (Å²) in [6.07, 6.45) is 0.767. The van der Waals surface area contributed by atoms with Crippen LogP contribution < -0.4 is 11.1 Å². The minimum Gasteiger partial charge on any atom is -0.352 e. The maximum Gasteiger partial charge on any atom is 0.221 e. The van der Waals surface area contributed by atoms with Gasteiger partial charge in [0.25, 0.3) is 0 Å². The average molecular weight is 220 g/mol. The fourth-order valence-corrected chi connectivity index (χ4v) is 3.16. The molecule has 1 heterocycles. The van der Waals surface area contributed by atoms with Crippen LogP contribution in [-0.4, -0.2) is 37.9 Å². The van der Waals surface area contributed by atoms with E-state index in [1.165, 1.54) is 0 Å². The van der Waals surface area contributed by atoms with E-state index in [-0.39, 0.29) is 35.9 Å². The zero-order valence-corrected chi connectivity index (χ0v) is 9.01. The lowest BCUT2D eigenvalue weighted by Gasteiger charge is -2.11. The van der Waals surface area contributed by atoms with Gasteiger partial charge in [-0.3, -0.25) is 4.79 Å². The molecular weight excluding hydrogens is 204 g/mol. The number of nitrogens with one attached hydrogen (secondary N) is 1. The summed E-state index contributed by atoms with van der Waals surface area (Å²) in [5, 5.41) is 2.67. The fourth-order valence-electron chi connectivity index (χ4n) is 1.49. The molecule has 0 bridgehead atoms. The maximum absolute atomic E-state index is 11.2. The number of sulfone groups is 1. The maximum atomic E-state index is 11.2. The number of amides is 1. The van der Waals surface area contributed by atoms with E-state index in [0.29, 0.717) is 6.42 Å². The highest BCUT2D eigenvalue weighted by Crippen LogP contribution is 2.11. The number of rotatable bonds is 3. The van der Waals surface area contributed by atoms with Gasteiger partial charge in [0.15, 0.2) is 9.84 Å². The first-order valence-electron chi connectivity index (χ1n) is 4.64. The Bertz CT molecular complexity index is 311. The number of carbonyl (C=O) groups excluding carboxylic acids is 1. The molecule has 5 nitrogen and oxygen atoms in total. The van der Waals surface area contributed by atoms with Gasteiger partial charge in [-0.25, -0.2) is 8.42 Å². The monoisotopic (exact) mass is 220 g/mol. The number of hydrogen-bond donors (Lipinski definition) is 2. The smallest absolute Gasteiger partial charge is 0.221 e. The van der Waals surface area contributed by atoms with E-state index in [4.69, 9.17) is 5.73 Å². The Balaban J connectivity index is 2.36. The molecule has 2 unspecified atom stereocenters. The minimum atomic E-state index is -2.92. The molecule has 3 N–H and O–H groups in total. The number of carbonyl (C=O) groups is 1. The van der Waals surface area contributed by atoms with Crippen LogP contribution in [0.2, 0.25) is 0 Å². The summed E-state index contributed by atoms with van der Waals surface area (Å²) in [5.74, 6) is 0.0791. The van der Waals surface area contributed by atoms with E-state index >= 15 is 0 Å². The second-order valence-corrected chi connectivity index (χ2v) is 6.08. The minimum absolute atomic E-state index is 0.0672. The van der Waals surface area contributed by atoms with E-state index in [1.807, 2.05) is 0 Å². The van der Waals surface area contributed by atoms with Gasteiger partial charge in [-0.05, 0) is 13.3 Å². The first-order valence-corrected chi connectivity index (χ1v) is 6.46. The highest BCUT2D eigenvalue weighted by atomic mass is 32.2. The third-order valence-electron chi connectivity index (χ3n) is 2.10. The molecule has 0 radical (unpaired) electrons. The molecule has 0 aromatic heterocycles. The number of nitrogens with two attached hydrogens (primary N) is 1. The quantitative estimate of drug-likeness (QED) is 0.640. The molecule has 1 rings (SSSR count). The Morgan fingerprint density at radius 3 is 2.71 bits per heavy atom. The first-order chi connectivity index (χ1) is 6.39. The van der Waals surface area contributed by atoms with Crippen molar-refractivity contribution in [2.24, 2.45) is 5.73 Å². The van der Waals surface area contributed by atoms with Crippen molar-refractivity contribution >= 4 is 15.7 Å². The van der Waals surface area contributed by atoms with Gasteiger partial charge in [0, 0.05) is 18.5 Å². The molecule has 2 atom stereocenters. The predicted molar refractivity (Wildman–Crippen MR) is 53.5 cm³/mol. The van der Waals surface area contributed by atoms with E-state index in [9.17, 15) is 13.2 Å². The van der Waals surface area contributed by atoms with E-state index < -0.39 is 9.84 Å². The van der Waals surface area contributed by atoms with Crippen LogP contribution in [-0.2, 0) is 14.6 Å². The Morgan fingerprint density at radius 1 is 1.64 bits per heavy atom. The molecule has 1 fully saturated rings. The van der Waals surface area contributed by atoms with Crippen LogP contribution in [0, 0.1) is 0 Å². The predicted octanol–water partition coefficient (Wildman–Crippen LogP) is -0.973. The summed E-state index contributed by atoms with van der Waals surface area (Å²) >= 11 is 0. The average Bonchev–Trinajstić information content (AvgIpc) is 2.27. The normalized spacial score (nSPS) is 27.1. The van der Waals surface area contributed by atoms with Crippen molar-refractivity contribution in [3.63, 3.8) is 0 Å². The second kappa shape index (κ2) is 4.27. The Labute approximate surface area is 84.0 Å². The largest absolute Gasteiger partial charge is 0.352 e.